The number of likely N-dealkylation sites (N-methyl/N-ethyl adjacent to an activating group) is 1. The van der Waals surface area contributed by atoms with Crippen molar-refractivity contribution in [3.63, 3.8) is 0 Å². The summed E-state index contributed by atoms with van der Waals surface area (Å²) in [6.07, 6.45) is 3.36. The second-order valence-electron chi connectivity index (χ2n) is 5.53. The molecule has 0 unspecified atom stereocenters. The van der Waals surface area contributed by atoms with Crippen LogP contribution in [-0.4, -0.2) is 29.9 Å². The van der Waals surface area contributed by atoms with Gasteiger partial charge in [0, 0.05) is 41.0 Å². The Labute approximate surface area is 128 Å². The smallest absolute Gasteiger partial charge is 0.248 e. The molecule has 0 bridgehead atoms. The third-order valence-electron chi connectivity index (χ3n) is 3.98. The highest BCUT2D eigenvalue weighted by Gasteiger charge is 2.23. The maximum Gasteiger partial charge on any atom is 0.248 e. The van der Waals surface area contributed by atoms with Crippen LogP contribution in [0.2, 0.25) is 0 Å². The Bertz CT molecular complexity index is 702. The summed E-state index contributed by atoms with van der Waals surface area (Å²) in [5, 5.41) is 12.3. The molecule has 0 fully saturated rings. The molecule has 1 amide bonds. The minimum atomic E-state index is -1.08. The van der Waals surface area contributed by atoms with Gasteiger partial charge < -0.3 is 25.9 Å². The van der Waals surface area contributed by atoms with Crippen LogP contribution in [0.5, 0.6) is 0 Å². The van der Waals surface area contributed by atoms with Crippen LogP contribution in [0, 0.1) is 0 Å². The quantitative estimate of drug-likeness (QED) is 0.666. The second-order valence-corrected chi connectivity index (χ2v) is 5.53. The van der Waals surface area contributed by atoms with Crippen molar-refractivity contribution in [1.82, 2.24) is 4.98 Å². The number of carboxylic acid groups (broad SMARTS) is 1. The number of fused-ring (bicyclic) bond motifs is 3. The number of nitrogens with two attached hydrogens (primary N) is 2. The number of nitrogens with one attached hydrogen (secondary N) is 1. The molecule has 0 saturated heterocycles. The molecule has 22 heavy (non-hydrogen) atoms. The summed E-state index contributed by atoms with van der Waals surface area (Å²) in [5.41, 5.74) is 9.74. The number of primary amides is 1. The largest absolute Gasteiger partial charge is 0.550 e. The Kier molecular flexibility index (Phi) is 4.82. The molecule has 1 aliphatic carbocycles. The maximum absolute atomic E-state index is 11.3. The van der Waals surface area contributed by atoms with Crippen molar-refractivity contribution in [2.45, 2.75) is 32.2 Å². The summed E-state index contributed by atoms with van der Waals surface area (Å²) in [7, 11) is 2.12. The summed E-state index contributed by atoms with van der Waals surface area (Å²) in [5.74, 6) is -1.44. The number of aromatic amines is 1. The zero-order valence-corrected chi connectivity index (χ0v) is 12.8. The molecular formula is C16H21N3O3. The Balaban J connectivity index is 0.000000396. The van der Waals surface area contributed by atoms with Gasteiger partial charge in [-0.2, -0.15) is 0 Å². The number of H-pyrrole nitrogens is 1. The van der Waals surface area contributed by atoms with Crippen molar-refractivity contribution in [3.05, 3.63) is 35.0 Å². The predicted octanol–water partition coefficient (Wildman–Crippen LogP) is -0.926. The lowest BCUT2D eigenvalue weighted by atomic mass is 9.91. The van der Waals surface area contributed by atoms with Gasteiger partial charge in [0.15, 0.2) is 0 Å². The summed E-state index contributed by atoms with van der Waals surface area (Å²) in [6, 6.07) is 6.31. The zero-order valence-electron chi connectivity index (χ0n) is 12.8. The Morgan fingerprint density at radius 2 is 2.09 bits per heavy atom. The third-order valence-corrected chi connectivity index (χ3v) is 3.98. The number of aliphatic carboxylic acids is 1. The lowest BCUT2D eigenvalue weighted by molar-refractivity contribution is -0.664. The standard InChI is InChI=1S/C14H17N3O.C2H4O2/c1-16-9-3-5-13-11(7-9)10-6-8(14(15)18)2-4-12(10)17-13;1-2(3)4/h2,4,6,9,16-17H,3,5,7H2,1H3,(H2,15,18);1H3,(H,3,4)/t9-;/m1./s1. The van der Waals surface area contributed by atoms with E-state index >= 15 is 0 Å². The normalized spacial score (nSPS) is 16.5. The fraction of sp³-hybridized carbons (Fsp3) is 0.375. The second kappa shape index (κ2) is 6.62. The number of aromatic nitrogens is 1. The number of amides is 1. The molecule has 0 aliphatic heterocycles. The number of aryl methyl sites for hydroxylation is 1. The van der Waals surface area contributed by atoms with Crippen molar-refractivity contribution >= 4 is 22.8 Å². The van der Waals surface area contributed by atoms with E-state index in [0.717, 1.165) is 30.7 Å². The molecule has 1 aromatic heterocycles. The van der Waals surface area contributed by atoms with Gasteiger partial charge in [0.25, 0.3) is 0 Å². The van der Waals surface area contributed by atoms with E-state index in [-0.39, 0.29) is 5.91 Å². The minimum Gasteiger partial charge on any atom is -0.550 e. The van der Waals surface area contributed by atoms with Gasteiger partial charge in [-0.3, -0.25) is 4.79 Å². The van der Waals surface area contributed by atoms with Crippen molar-refractivity contribution < 1.29 is 20.0 Å². The molecule has 6 heteroatoms. The molecule has 5 N–H and O–H groups in total. The average molecular weight is 303 g/mol. The Hall–Kier alpha value is -2.34. The molecule has 6 nitrogen and oxygen atoms in total. The highest BCUT2D eigenvalue weighted by Crippen LogP contribution is 2.29. The molecular weight excluding hydrogens is 282 g/mol. The highest BCUT2D eigenvalue weighted by molar-refractivity contribution is 5.98. The number of carbonyl (C=O) groups is 2. The van der Waals surface area contributed by atoms with E-state index in [1.807, 2.05) is 12.1 Å². The number of hydrogen-bond donors (Lipinski definition) is 3. The van der Waals surface area contributed by atoms with Crippen molar-refractivity contribution in [1.29, 1.82) is 0 Å². The first-order valence-corrected chi connectivity index (χ1v) is 7.32. The van der Waals surface area contributed by atoms with E-state index in [9.17, 15) is 4.79 Å². The van der Waals surface area contributed by atoms with Crippen molar-refractivity contribution in [2.24, 2.45) is 5.73 Å². The van der Waals surface area contributed by atoms with Crippen molar-refractivity contribution in [3.8, 4) is 0 Å². The maximum atomic E-state index is 11.3. The molecule has 118 valence electrons. The topological polar surface area (TPSA) is 116 Å². The summed E-state index contributed by atoms with van der Waals surface area (Å²) in [6.45, 7) is 0.972. The van der Waals surface area contributed by atoms with E-state index in [2.05, 4.69) is 17.3 Å². The summed E-state index contributed by atoms with van der Waals surface area (Å²) >= 11 is 0. The van der Waals surface area contributed by atoms with E-state index in [0.29, 0.717) is 11.6 Å². The van der Waals surface area contributed by atoms with Crippen LogP contribution in [0.4, 0.5) is 0 Å². The first-order chi connectivity index (χ1) is 10.4. The molecule has 0 radical (unpaired) electrons. The number of rotatable bonds is 2. The van der Waals surface area contributed by atoms with Gasteiger partial charge in [-0.1, -0.05) is 0 Å². The van der Waals surface area contributed by atoms with Crippen LogP contribution in [0.3, 0.4) is 0 Å². The molecule has 1 atom stereocenters. The van der Waals surface area contributed by atoms with E-state index < -0.39 is 5.97 Å². The Morgan fingerprint density at radius 1 is 1.41 bits per heavy atom. The van der Waals surface area contributed by atoms with Crippen LogP contribution in [0.25, 0.3) is 10.9 Å². The predicted molar refractivity (Wildman–Crippen MR) is 81.2 cm³/mol. The van der Waals surface area contributed by atoms with Gasteiger partial charge in [0.05, 0.1) is 13.1 Å². The summed E-state index contributed by atoms with van der Waals surface area (Å²) < 4.78 is 0. The van der Waals surface area contributed by atoms with Crippen LogP contribution >= 0.6 is 0 Å². The SMILES string of the molecule is CC(=O)[O-].C[NH2+][C@@H]1CCc2[nH]c3ccc(C(N)=O)cc3c2C1. The van der Waals surface area contributed by atoms with E-state index in [1.165, 1.54) is 17.7 Å². The fourth-order valence-electron chi connectivity index (χ4n) is 2.88. The minimum absolute atomic E-state index is 0.360. The van der Waals surface area contributed by atoms with Crippen LogP contribution in [-0.2, 0) is 17.6 Å². The van der Waals surface area contributed by atoms with E-state index in [4.69, 9.17) is 15.6 Å². The monoisotopic (exact) mass is 303 g/mol. The highest BCUT2D eigenvalue weighted by atomic mass is 16.4. The van der Waals surface area contributed by atoms with Crippen molar-refractivity contribution in [2.75, 3.05) is 7.05 Å². The van der Waals surface area contributed by atoms with E-state index in [1.54, 1.807) is 6.07 Å². The van der Waals surface area contributed by atoms with Gasteiger partial charge in [0.2, 0.25) is 5.91 Å². The fourth-order valence-corrected chi connectivity index (χ4v) is 2.88. The Morgan fingerprint density at radius 3 is 2.68 bits per heavy atom. The van der Waals surface area contributed by atoms with Crippen LogP contribution in [0.15, 0.2) is 18.2 Å². The van der Waals surface area contributed by atoms with Crippen LogP contribution < -0.4 is 16.2 Å². The molecule has 1 heterocycles. The number of carboxylic acids is 1. The summed E-state index contributed by atoms with van der Waals surface area (Å²) in [4.78, 5) is 23.6. The molecule has 1 aromatic carbocycles. The van der Waals surface area contributed by atoms with Gasteiger partial charge in [-0.05, 0) is 37.1 Å². The number of hydrogen-bond acceptors (Lipinski definition) is 3. The molecule has 2 aromatic rings. The molecule has 0 saturated carbocycles. The van der Waals surface area contributed by atoms with Gasteiger partial charge >= 0.3 is 0 Å². The number of quaternary nitrogens is 1. The average Bonchev–Trinajstić information content (AvgIpc) is 2.83. The van der Waals surface area contributed by atoms with Crippen LogP contribution in [0.1, 0.15) is 35.0 Å². The van der Waals surface area contributed by atoms with Gasteiger partial charge in [0.1, 0.15) is 0 Å². The lowest BCUT2D eigenvalue weighted by Gasteiger charge is -2.19. The molecule has 1 aliphatic rings. The lowest BCUT2D eigenvalue weighted by Crippen LogP contribution is -2.87. The molecule has 3 rings (SSSR count). The molecule has 0 spiro atoms. The van der Waals surface area contributed by atoms with Gasteiger partial charge in [-0.25, -0.2) is 0 Å². The zero-order chi connectivity index (χ0) is 16.3. The third kappa shape index (κ3) is 3.46. The number of carbonyl (C=O) groups excluding carboxylic acids is 2. The first-order valence-electron chi connectivity index (χ1n) is 7.32. The first kappa shape index (κ1) is 16.0. The van der Waals surface area contributed by atoms with Gasteiger partial charge in [-0.15, -0.1) is 0 Å². The number of benzene rings is 1.